The van der Waals surface area contributed by atoms with Gasteiger partial charge in [-0.05, 0) is 18.6 Å². The lowest BCUT2D eigenvalue weighted by Crippen LogP contribution is -2.42. The lowest BCUT2D eigenvalue weighted by molar-refractivity contribution is -0.124. The quantitative estimate of drug-likeness (QED) is 0.847. The molecule has 0 spiro atoms. The summed E-state index contributed by atoms with van der Waals surface area (Å²) < 4.78 is 26.8. The summed E-state index contributed by atoms with van der Waals surface area (Å²) in [6, 6.07) is 2.84. The maximum Gasteiger partial charge on any atom is 0.270 e. The first-order valence-corrected chi connectivity index (χ1v) is 8.34. The summed E-state index contributed by atoms with van der Waals surface area (Å²) in [5, 5.41) is 3.80. The number of amides is 3. The minimum absolute atomic E-state index is 0.189. The van der Waals surface area contributed by atoms with Gasteiger partial charge in [-0.25, -0.2) is 14.2 Å². The van der Waals surface area contributed by atoms with E-state index in [-0.39, 0.29) is 49.0 Å². The fraction of sp³-hybridized carbons (Fsp3) is 0.412. The van der Waals surface area contributed by atoms with Crippen molar-refractivity contribution >= 4 is 23.4 Å². The van der Waals surface area contributed by atoms with Crippen molar-refractivity contribution in [3.63, 3.8) is 0 Å². The Kier molecular flexibility index (Phi) is 5.24. The molecule has 0 unspecified atom stereocenters. The van der Waals surface area contributed by atoms with E-state index in [1.165, 1.54) is 4.90 Å². The number of hydrogen-bond acceptors (Lipinski definition) is 4. The fourth-order valence-electron chi connectivity index (χ4n) is 2.97. The van der Waals surface area contributed by atoms with E-state index in [4.69, 9.17) is 0 Å². The van der Waals surface area contributed by atoms with Gasteiger partial charge in [-0.2, -0.15) is 5.10 Å². The highest BCUT2D eigenvalue weighted by molar-refractivity contribution is 6.39. The molecule has 3 rings (SSSR count). The maximum atomic E-state index is 13.8. The molecule has 1 N–H and O–H groups in total. The zero-order valence-electron chi connectivity index (χ0n) is 14.0. The summed E-state index contributed by atoms with van der Waals surface area (Å²) in [5.74, 6) is -2.67. The second-order valence-electron chi connectivity index (χ2n) is 6.16. The standard InChI is InChI=1S/C17H18F2N4O3/c18-11-2-3-12(13(19)10-11)16(25)22-6-1-7-23(9-8-22)17(26)14-4-5-15(24)21-20-14/h2-3,10H,1,4-9H2,(H,21,24). The summed E-state index contributed by atoms with van der Waals surface area (Å²) in [6.07, 6.45) is 1.03. The molecule has 2 aliphatic heterocycles. The van der Waals surface area contributed by atoms with Gasteiger partial charge in [-0.1, -0.05) is 0 Å². The number of nitrogens with one attached hydrogen (secondary N) is 1. The second kappa shape index (κ2) is 7.59. The normalized spacial score (nSPS) is 18.1. The van der Waals surface area contributed by atoms with Crippen molar-refractivity contribution in [2.45, 2.75) is 19.3 Å². The summed E-state index contributed by atoms with van der Waals surface area (Å²) in [4.78, 5) is 39.1. The molecule has 2 heterocycles. The first-order valence-electron chi connectivity index (χ1n) is 8.34. The molecule has 9 heteroatoms. The third-order valence-corrected chi connectivity index (χ3v) is 4.38. The Morgan fingerprint density at radius 2 is 1.69 bits per heavy atom. The summed E-state index contributed by atoms with van der Waals surface area (Å²) >= 11 is 0. The molecule has 0 atom stereocenters. The predicted molar refractivity (Wildman–Crippen MR) is 88.3 cm³/mol. The molecular weight excluding hydrogens is 346 g/mol. The fourth-order valence-corrected chi connectivity index (χ4v) is 2.97. The van der Waals surface area contributed by atoms with E-state index in [0.717, 1.165) is 12.1 Å². The second-order valence-corrected chi connectivity index (χ2v) is 6.16. The van der Waals surface area contributed by atoms with Gasteiger partial charge in [-0.15, -0.1) is 0 Å². The zero-order chi connectivity index (χ0) is 18.7. The molecule has 26 heavy (non-hydrogen) atoms. The van der Waals surface area contributed by atoms with Gasteiger partial charge < -0.3 is 9.80 Å². The van der Waals surface area contributed by atoms with Crippen LogP contribution in [0.3, 0.4) is 0 Å². The minimum Gasteiger partial charge on any atom is -0.337 e. The first kappa shape index (κ1) is 18.0. The van der Waals surface area contributed by atoms with E-state index in [1.54, 1.807) is 4.90 Å². The van der Waals surface area contributed by atoms with Crippen LogP contribution in [0.5, 0.6) is 0 Å². The Hall–Kier alpha value is -2.84. The van der Waals surface area contributed by atoms with Crippen molar-refractivity contribution in [3.8, 4) is 0 Å². The van der Waals surface area contributed by atoms with Gasteiger partial charge >= 0.3 is 0 Å². The van der Waals surface area contributed by atoms with Gasteiger partial charge in [0.2, 0.25) is 5.91 Å². The zero-order valence-corrected chi connectivity index (χ0v) is 14.0. The number of hydrogen-bond donors (Lipinski definition) is 1. The Labute approximate surface area is 148 Å². The van der Waals surface area contributed by atoms with Gasteiger partial charge in [-0.3, -0.25) is 14.4 Å². The average Bonchev–Trinajstić information content (AvgIpc) is 2.87. The molecule has 0 radical (unpaired) electrons. The molecule has 3 amide bonds. The molecule has 2 aliphatic rings. The Balaban J connectivity index is 1.65. The van der Waals surface area contributed by atoms with Crippen molar-refractivity contribution in [2.24, 2.45) is 5.10 Å². The van der Waals surface area contributed by atoms with Crippen LogP contribution in [0.4, 0.5) is 8.78 Å². The lowest BCUT2D eigenvalue weighted by Gasteiger charge is -2.23. The smallest absolute Gasteiger partial charge is 0.270 e. The summed E-state index contributed by atoms with van der Waals surface area (Å²) in [6.45, 7) is 1.31. The topological polar surface area (TPSA) is 82.1 Å². The van der Waals surface area contributed by atoms with E-state index < -0.39 is 17.5 Å². The first-order chi connectivity index (χ1) is 12.5. The van der Waals surface area contributed by atoms with Crippen LogP contribution in [0.25, 0.3) is 0 Å². The highest BCUT2D eigenvalue weighted by Gasteiger charge is 2.27. The number of rotatable bonds is 2. The van der Waals surface area contributed by atoms with Crippen LogP contribution >= 0.6 is 0 Å². The van der Waals surface area contributed by atoms with Crippen molar-refractivity contribution in [2.75, 3.05) is 26.2 Å². The molecule has 0 aromatic heterocycles. The number of carbonyl (C=O) groups is 3. The Bertz CT molecular complexity index is 781. The van der Waals surface area contributed by atoms with E-state index in [0.29, 0.717) is 25.6 Å². The van der Waals surface area contributed by atoms with Crippen LogP contribution in [-0.2, 0) is 9.59 Å². The van der Waals surface area contributed by atoms with E-state index >= 15 is 0 Å². The third-order valence-electron chi connectivity index (χ3n) is 4.38. The van der Waals surface area contributed by atoms with Gasteiger partial charge in [0, 0.05) is 45.1 Å². The third kappa shape index (κ3) is 3.87. The summed E-state index contributed by atoms with van der Waals surface area (Å²) in [5.41, 5.74) is 2.39. The number of halogens is 2. The van der Waals surface area contributed by atoms with E-state index in [9.17, 15) is 23.2 Å². The van der Waals surface area contributed by atoms with Gasteiger partial charge in [0.1, 0.15) is 17.3 Å². The van der Waals surface area contributed by atoms with Crippen LogP contribution in [0, 0.1) is 11.6 Å². The molecule has 0 aliphatic carbocycles. The minimum atomic E-state index is -0.903. The van der Waals surface area contributed by atoms with Gasteiger partial charge in [0.25, 0.3) is 11.8 Å². The monoisotopic (exact) mass is 364 g/mol. The molecule has 1 aromatic carbocycles. The number of benzene rings is 1. The highest BCUT2D eigenvalue weighted by atomic mass is 19.1. The van der Waals surface area contributed by atoms with Crippen molar-refractivity contribution in [1.82, 2.24) is 15.2 Å². The largest absolute Gasteiger partial charge is 0.337 e. The Morgan fingerprint density at radius 3 is 2.31 bits per heavy atom. The van der Waals surface area contributed by atoms with Crippen LogP contribution in [-0.4, -0.2) is 59.4 Å². The molecular formula is C17H18F2N4O3. The SMILES string of the molecule is O=C1CCC(C(=O)N2CCCN(C(=O)c3ccc(F)cc3F)CC2)=NN1. The van der Waals surface area contributed by atoms with Crippen molar-refractivity contribution in [1.29, 1.82) is 0 Å². The van der Waals surface area contributed by atoms with Crippen LogP contribution < -0.4 is 5.43 Å². The van der Waals surface area contributed by atoms with Gasteiger partial charge in [0.15, 0.2) is 0 Å². The van der Waals surface area contributed by atoms with Crippen LogP contribution in [0.1, 0.15) is 29.6 Å². The van der Waals surface area contributed by atoms with Crippen molar-refractivity contribution in [3.05, 3.63) is 35.4 Å². The average molecular weight is 364 g/mol. The number of nitrogens with zero attached hydrogens (tertiary/aromatic N) is 3. The van der Waals surface area contributed by atoms with E-state index in [1.807, 2.05) is 0 Å². The number of hydrazone groups is 1. The van der Waals surface area contributed by atoms with Crippen molar-refractivity contribution < 1.29 is 23.2 Å². The van der Waals surface area contributed by atoms with Crippen LogP contribution in [0.2, 0.25) is 0 Å². The lowest BCUT2D eigenvalue weighted by atomic mass is 10.1. The summed E-state index contributed by atoms with van der Waals surface area (Å²) in [7, 11) is 0. The molecule has 138 valence electrons. The highest BCUT2D eigenvalue weighted by Crippen LogP contribution is 2.15. The molecule has 1 aromatic rings. The van der Waals surface area contributed by atoms with Gasteiger partial charge in [0.05, 0.1) is 5.56 Å². The molecule has 0 saturated carbocycles. The molecule has 7 nitrogen and oxygen atoms in total. The van der Waals surface area contributed by atoms with Crippen LogP contribution in [0.15, 0.2) is 23.3 Å². The maximum absolute atomic E-state index is 13.8. The number of carbonyl (C=O) groups excluding carboxylic acids is 3. The Morgan fingerprint density at radius 1 is 1.00 bits per heavy atom. The van der Waals surface area contributed by atoms with E-state index in [2.05, 4.69) is 10.5 Å². The molecule has 0 bridgehead atoms. The molecule has 1 saturated heterocycles. The molecule has 1 fully saturated rings. The predicted octanol–water partition coefficient (Wildman–Crippen LogP) is 0.905.